The highest BCUT2D eigenvalue weighted by Gasteiger charge is 2.16. The van der Waals surface area contributed by atoms with Crippen LogP contribution in [-0.2, 0) is 10.2 Å². The van der Waals surface area contributed by atoms with E-state index in [1.165, 1.54) is 0 Å². The maximum absolute atomic E-state index is 12.0. The largest absolute Gasteiger partial charge is 0.343 e. The first-order valence-electron chi connectivity index (χ1n) is 7.20. The van der Waals surface area contributed by atoms with Crippen molar-refractivity contribution in [2.24, 2.45) is 0 Å². The summed E-state index contributed by atoms with van der Waals surface area (Å²) in [6.07, 6.45) is 0. The van der Waals surface area contributed by atoms with Crippen molar-refractivity contribution in [3.8, 4) is 12.1 Å². The molecule has 0 aliphatic heterocycles. The van der Waals surface area contributed by atoms with Gasteiger partial charge in [0, 0.05) is 5.56 Å². The second-order valence-corrected chi connectivity index (χ2v) is 6.08. The van der Waals surface area contributed by atoms with Crippen LogP contribution in [0.2, 0.25) is 0 Å². The Labute approximate surface area is 136 Å². The van der Waals surface area contributed by atoms with Crippen LogP contribution in [0.3, 0.4) is 0 Å². The summed E-state index contributed by atoms with van der Waals surface area (Å²) in [5.74, 6) is -0.833. The smallest absolute Gasteiger partial charge is 0.251 e. The molecular weight excluding hydrogens is 292 g/mol. The van der Waals surface area contributed by atoms with E-state index in [2.05, 4.69) is 26.1 Å². The number of nitrogens with one attached hydrogen (secondary N) is 1. The first kappa shape index (κ1) is 18.2. The fraction of sp³-hybridized carbons (Fsp3) is 0.412. The molecule has 0 bridgehead atoms. The molecule has 2 amide bonds. The topological polar surface area (TPSA) is 97.0 Å². The second-order valence-electron chi connectivity index (χ2n) is 6.08. The molecule has 0 spiro atoms. The summed E-state index contributed by atoms with van der Waals surface area (Å²) in [5, 5.41) is 19.7. The molecule has 1 N–H and O–H groups in total. The third-order valence-electron chi connectivity index (χ3n) is 3.29. The molecule has 120 valence electrons. The summed E-state index contributed by atoms with van der Waals surface area (Å²) in [6.45, 7) is 5.65. The maximum atomic E-state index is 12.0. The van der Waals surface area contributed by atoms with Crippen LogP contribution in [0.4, 0.5) is 0 Å². The van der Waals surface area contributed by atoms with Crippen LogP contribution >= 0.6 is 0 Å². The van der Waals surface area contributed by atoms with Gasteiger partial charge in [-0.15, -0.1) is 0 Å². The number of amides is 2. The van der Waals surface area contributed by atoms with E-state index in [0.29, 0.717) is 5.56 Å². The van der Waals surface area contributed by atoms with E-state index in [-0.39, 0.29) is 31.0 Å². The van der Waals surface area contributed by atoms with E-state index in [1.54, 1.807) is 12.1 Å². The number of nitriles is 2. The van der Waals surface area contributed by atoms with Crippen molar-refractivity contribution < 1.29 is 9.59 Å². The molecule has 1 aromatic rings. The zero-order valence-electron chi connectivity index (χ0n) is 13.6. The molecule has 6 heteroatoms. The van der Waals surface area contributed by atoms with Gasteiger partial charge in [-0.3, -0.25) is 9.59 Å². The van der Waals surface area contributed by atoms with E-state index in [9.17, 15) is 9.59 Å². The fourth-order valence-corrected chi connectivity index (χ4v) is 1.89. The lowest BCUT2D eigenvalue weighted by Gasteiger charge is -2.19. The van der Waals surface area contributed by atoms with Gasteiger partial charge in [-0.25, -0.2) is 0 Å². The van der Waals surface area contributed by atoms with Crippen LogP contribution in [0, 0.1) is 22.7 Å². The van der Waals surface area contributed by atoms with Crippen molar-refractivity contribution in [2.45, 2.75) is 26.2 Å². The molecule has 1 aromatic carbocycles. The van der Waals surface area contributed by atoms with Gasteiger partial charge in [0.15, 0.2) is 0 Å². The number of benzene rings is 1. The highest BCUT2D eigenvalue weighted by molar-refractivity contribution is 5.96. The molecule has 0 fully saturated rings. The summed E-state index contributed by atoms with van der Waals surface area (Å²) >= 11 is 0. The number of hydrogen-bond donors (Lipinski definition) is 1. The average Bonchev–Trinajstić information content (AvgIpc) is 2.51. The van der Waals surface area contributed by atoms with E-state index >= 15 is 0 Å². The molecule has 0 aliphatic carbocycles. The molecule has 0 saturated carbocycles. The number of hydrogen-bond acceptors (Lipinski definition) is 4. The standard InChI is InChI=1S/C17H20N4O2/c1-17(2,3)14-6-4-13(5-7-14)16(23)20-12-15(22)21(10-8-18)11-9-19/h4-7H,10-12H2,1-3H3,(H,20,23). The number of nitrogens with zero attached hydrogens (tertiary/aromatic N) is 3. The molecule has 0 saturated heterocycles. The van der Waals surface area contributed by atoms with Crippen molar-refractivity contribution in [1.29, 1.82) is 10.5 Å². The molecule has 0 unspecified atom stereocenters. The highest BCUT2D eigenvalue weighted by Crippen LogP contribution is 2.22. The third-order valence-corrected chi connectivity index (χ3v) is 3.29. The minimum absolute atomic E-state index is 0.0000621. The normalized spacial score (nSPS) is 10.3. The summed E-state index contributed by atoms with van der Waals surface area (Å²) in [5.41, 5.74) is 1.57. The molecule has 6 nitrogen and oxygen atoms in total. The quantitative estimate of drug-likeness (QED) is 0.835. The average molecular weight is 312 g/mol. The molecular formula is C17H20N4O2. The summed E-state index contributed by atoms with van der Waals surface area (Å²) < 4.78 is 0. The fourth-order valence-electron chi connectivity index (χ4n) is 1.89. The Kier molecular flexibility index (Phi) is 6.29. The van der Waals surface area contributed by atoms with E-state index in [4.69, 9.17) is 10.5 Å². The van der Waals surface area contributed by atoms with Crippen molar-refractivity contribution >= 4 is 11.8 Å². The Hall–Kier alpha value is -2.86. The molecule has 0 heterocycles. The van der Waals surface area contributed by atoms with Crippen LogP contribution in [0.25, 0.3) is 0 Å². The van der Waals surface area contributed by atoms with Crippen molar-refractivity contribution in [3.63, 3.8) is 0 Å². The van der Waals surface area contributed by atoms with Crippen LogP contribution in [-0.4, -0.2) is 36.3 Å². The second kappa shape index (κ2) is 7.95. The Bertz CT molecular complexity index is 629. The predicted octanol–water partition coefficient (Wildman–Crippen LogP) is 1.59. The SMILES string of the molecule is CC(C)(C)c1ccc(C(=O)NCC(=O)N(CC#N)CC#N)cc1. The maximum Gasteiger partial charge on any atom is 0.251 e. The molecule has 0 radical (unpaired) electrons. The van der Waals surface area contributed by atoms with Gasteiger partial charge in [0.25, 0.3) is 5.91 Å². The first-order chi connectivity index (χ1) is 10.8. The Morgan fingerprint density at radius 2 is 1.61 bits per heavy atom. The lowest BCUT2D eigenvalue weighted by molar-refractivity contribution is -0.128. The Morgan fingerprint density at radius 3 is 2.04 bits per heavy atom. The van der Waals surface area contributed by atoms with E-state index in [1.807, 2.05) is 24.3 Å². The van der Waals surface area contributed by atoms with Crippen LogP contribution in [0.5, 0.6) is 0 Å². The van der Waals surface area contributed by atoms with Crippen LogP contribution < -0.4 is 5.32 Å². The monoisotopic (exact) mass is 312 g/mol. The van der Waals surface area contributed by atoms with Crippen LogP contribution in [0.15, 0.2) is 24.3 Å². The summed E-state index contributed by atoms with van der Waals surface area (Å²) in [4.78, 5) is 25.0. The zero-order valence-corrected chi connectivity index (χ0v) is 13.6. The third kappa shape index (κ3) is 5.44. The van der Waals surface area contributed by atoms with Crippen molar-refractivity contribution in [3.05, 3.63) is 35.4 Å². The summed E-state index contributed by atoms with van der Waals surface area (Å²) in [6, 6.07) is 10.8. The van der Waals surface area contributed by atoms with Crippen LogP contribution in [0.1, 0.15) is 36.7 Å². The van der Waals surface area contributed by atoms with Gasteiger partial charge in [0.1, 0.15) is 13.1 Å². The zero-order chi connectivity index (χ0) is 17.5. The van der Waals surface area contributed by atoms with Crippen molar-refractivity contribution in [2.75, 3.05) is 19.6 Å². The van der Waals surface area contributed by atoms with Gasteiger partial charge < -0.3 is 10.2 Å². The predicted molar refractivity (Wildman–Crippen MR) is 85.3 cm³/mol. The molecule has 0 aromatic heterocycles. The van der Waals surface area contributed by atoms with Gasteiger partial charge in [0.05, 0.1) is 18.7 Å². The minimum atomic E-state index is -0.465. The Morgan fingerprint density at radius 1 is 1.09 bits per heavy atom. The minimum Gasteiger partial charge on any atom is -0.343 e. The lowest BCUT2D eigenvalue weighted by Crippen LogP contribution is -2.40. The Balaban J connectivity index is 2.65. The number of carbonyl (C=O) groups is 2. The van der Waals surface area contributed by atoms with E-state index in [0.717, 1.165) is 10.5 Å². The summed E-state index contributed by atoms with van der Waals surface area (Å²) in [7, 11) is 0. The molecule has 0 aliphatic rings. The van der Waals surface area contributed by atoms with Gasteiger partial charge in [-0.2, -0.15) is 10.5 Å². The van der Waals surface area contributed by atoms with Gasteiger partial charge >= 0.3 is 0 Å². The van der Waals surface area contributed by atoms with Gasteiger partial charge in [-0.05, 0) is 23.1 Å². The lowest BCUT2D eigenvalue weighted by atomic mass is 9.87. The highest BCUT2D eigenvalue weighted by atomic mass is 16.2. The first-order valence-corrected chi connectivity index (χ1v) is 7.20. The van der Waals surface area contributed by atoms with Crippen molar-refractivity contribution in [1.82, 2.24) is 10.2 Å². The molecule has 23 heavy (non-hydrogen) atoms. The number of rotatable bonds is 5. The van der Waals surface area contributed by atoms with E-state index < -0.39 is 5.91 Å². The molecule has 1 rings (SSSR count). The molecule has 0 atom stereocenters. The van der Waals surface area contributed by atoms with Gasteiger partial charge in [-0.1, -0.05) is 32.9 Å². The number of carbonyl (C=O) groups excluding carboxylic acids is 2. The van der Waals surface area contributed by atoms with Gasteiger partial charge in [0.2, 0.25) is 5.91 Å².